The number of halogens is 1. The van der Waals surface area contributed by atoms with Crippen LogP contribution in [-0.4, -0.2) is 23.2 Å². The maximum absolute atomic E-state index is 11.6. The molecule has 2 heterocycles. The Kier molecular flexibility index (Phi) is 3.23. The summed E-state index contributed by atoms with van der Waals surface area (Å²) in [6, 6.07) is 3.56. The topological polar surface area (TPSA) is 65.2 Å². The lowest BCUT2D eigenvalue weighted by Gasteiger charge is -2.00. The van der Waals surface area contributed by atoms with Crippen molar-refractivity contribution in [2.24, 2.45) is 0 Å². The fraction of sp³-hybridized carbons (Fsp3) is 0.182. The zero-order valence-electron chi connectivity index (χ0n) is 9.23. The van der Waals surface area contributed by atoms with Crippen molar-refractivity contribution in [3.05, 3.63) is 34.1 Å². The number of nitrogens with zero attached hydrogens (tertiary/aromatic N) is 2. The third kappa shape index (κ3) is 2.21. The Bertz CT molecular complexity index is 548. The number of pyridine rings is 1. The Morgan fingerprint density at radius 3 is 2.82 bits per heavy atom. The van der Waals surface area contributed by atoms with E-state index in [2.05, 4.69) is 30.8 Å². The molecule has 0 spiro atoms. The number of hydrogen-bond donors (Lipinski definition) is 0. The number of carbonyl (C=O) groups excluding carboxylic acids is 1. The van der Waals surface area contributed by atoms with E-state index in [4.69, 9.17) is 4.52 Å². The van der Waals surface area contributed by atoms with Gasteiger partial charge >= 0.3 is 5.97 Å². The third-order valence-electron chi connectivity index (χ3n) is 2.22. The highest BCUT2D eigenvalue weighted by molar-refractivity contribution is 9.10. The number of carbonyl (C=O) groups is 1. The molecule has 17 heavy (non-hydrogen) atoms. The van der Waals surface area contributed by atoms with Gasteiger partial charge in [0.05, 0.1) is 12.8 Å². The van der Waals surface area contributed by atoms with E-state index in [1.54, 1.807) is 19.2 Å². The third-order valence-corrected chi connectivity index (χ3v) is 2.69. The first-order valence-electron chi connectivity index (χ1n) is 4.80. The molecule has 0 fully saturated rings. The van der Waals surface area contributed by atoms with Crippen molar-refractivity contribution in [2.75, 3.05) is 7.11 Å². The van der Waals surface area contributed by atoms with Crippen LogP contribution in [-0.2, 0) is 4.74 Å². The Labute approximate surface area is 106 Å². The SMILES string of the molecule is COC(=O)c1c(-c2ccc(Br)cn2)noc1C. The smallest absolute Gasteiger partial charge is 0.343 e. The average Bonchev–Trinajstić information content (AvgIpc) is 2.71. The largest absolute Gasteiger partial charge is 0.465 e. The predicted molar refractivity (Wildman–Crippen MR) is 63.5 cm³/mol. The molecule has 5 nitrogen and oxygen atoms in total. The van der Waals surface area contributed by atoms with E-state index in [0.717, 1.165) is 4.47 Å². The normalized spacial score (nSPS) is 10.3. The molecular formula is C11H9BrN2O3. The highest BCUT2D eigenvalue weighted by Crippen LogP contribution is 2.24. The lowest BCUT2D eigenvalue weighted by molar-refractivity contribution is 0.0599. The van der Waals surface area contributed by atoms with Gasteiger partial charge in [0.1, 0.15) is 17.0 Å². The van der Waals surface area contributed by atoms with Crippen molar-refractivity contribution in [2.45, 2.75) is 6.92 Å². The first-order chi connectivity index (χ1) is 8.13. The summed E-state index contributed by atoms with van der Waals surface area (Å²) in [7, 11) is 1.31. The summed E-state index contributed by atoms with van der Waals surface area (Å²) in [5, 5.41) is 3.83. The Morgan fingerprint density at radius 2 is 2.24 bits per heavy atom. The second-order valence-corrected chi connectivity index (χ2v) is 4.23. The van der Waals surface area contributed by atoms with Gasteiger partial charge in [-0.05, 0) is 35.0 Å². The van der Waals surface area contributed by atoms with Crippen molar-refractivity contribution in [1.82, 2.24) is 10.1 Å². The lowest BCUT2D eigenvalue weighted by atomic mass is 10.1. The molecule has 0 radical (unpaired) electrons. The second kappa shape index (κ2) is 4.67. The van der Waals surface area contributed by atoms with Gasteiger partial charge in [0.2, 0.25) is 0 Å². The lowest BCUT2D eigenvalue weighted by Crippen LogP contribution is -2.04. The number of aryl methyl sites for hydroxylation is 1. The fourth-order valence-corrected chi connectivity index (χ4v) is 1.64. The van der Waals surface area contributed by atoms with Crippen LogP contribution in [0.25, 0.3) is 11.4 Å². The summed E-state index contributed by atoms with van der Waals surface area (Å²) in [5.74, 6) is -0.0694. The van der Waals surface area contributed by atoms with Gasteiger partial charge in [0.25, 0.3) is 0 Å². The Balaban J connectivity index is 2.52. The van der Waals surface area contributed by atoms with E-state index in [1.165, 1.54) is 7.11 Å². The molecule has 0 aliphatic heterocycles. The van der Waals surface area contributed by atoms with E-state index >= 15 is 0 Å². The second-order valence-electron chi connectivity index (χ2n) is 3.32. The Hall–Kier alpha value is -1.69. The molecule has 2 aromatic rings. The van der Waals surface area contributed by atoms with Crippen LogP contribution >= 0.6 is 15.9 Å². The molecule has 0 atom stereocenters. The average molecular weight is 297 g/mol. The van der Waals surface area contributed by atoms with Crippen LogP contribution in [0.15, 0.2) is 27.3 Å². The molecule has 2 aromatic heterocycles. The van der Waals surface area contributed by atoms with E-state index < -0.39 is 5.97 Å². The molecular weight excluding hydrogens is 288 g/mol. The predicted octanol–water partition coefficient (Wildman–Crippen LogP) is 2.59. The van der Waals surface area contributed by atoms with Gasteiger partial charge in [-0.2, -0.15) is 0 Å². The van der Waals surface area contributed by atoms with E-state index in [0.29, 0.717) is 22.7 Å². The van der Waals surface area contributed by atoms with Gasteiger partial charge in [-0.1, -0.05) is 5.16 Å². The molecule has 0 bridgehead atoms. The van der Waals surface area contributed by atoms with Crippen molar-refractivity contribution < 1.29 is 14.1 Å². The molecule has 0 aliphatic carbocycles. The summed E-state index contributed by atoms with van der Waals surface area (Å²) in [6.45, 7) is 1.65. The van der Waals surface area contributed by atoms with E-state index in [9.17, 15) is 4.79 Å². The molecule has 0 saturated carbocycles. The van der Waals surface area contributed by atoms with Crippen LogP contribution in [0.2, 0.25) is 0 Å². The molecule has 0 N–H and O–H groups in total. The van der Waals surface area contributed by atoms with E-state index in [-0.39, 0.29) is 0 Å². The maximum atomic E-state index is 11.6. The number of rotatable bonds is 2. The van der Waals surface area contributed by atoms with Crippen LogP contribution in [0.1, 0.15) is 16.1 Å². The standard InChI is InChI=1S/C11H9BrN2O3/c1-6-9(11(15)16-2)10(14-17-6)8-4-3-7(12)5-13-8/h3-5H,1-2H3. The van der Waals surface area contributed by atoms with Gasteiger partial charge in [0.15, 0.2) is 0 Å². The number of esters is 1. The minimum Gasteiger partial charge on any atom is -0.465 e. The monoisotopic (exact) mass is 296 g/mol. The Morgan fingerprint density at radius 1 is 1.47 bits per heavy atom. The quantitative estimate of drug-likeness (QED) is 0.797. The highest BCUT2D eigenvalue weighted by atomic mass is 79.9. The molecule has 88 valence electrons. The van der Waals surface area contributed by atoms with Crippen LogP contribution in [0.5, 0.6) is 0 Å². The molecule has 2 rings (SSSR count). The van der Waals surface area contributed by atoms with Crippen molar-refractivity contribution in [3.63, 3.8) is 0 Å². The minimum atomic E-state index is -0.483. The summed E-state index contributed by atoms with van der Waals surface area (Å²) < 4.78 is 10.5. The molecule has 0 amide bonds. The molecule has 0 unspecified atom stereocenters. The van der Waals surface area contributed by atoms with Crippen LogP contribution < -0.4 is 0 Å². The van der Waals surface area contributed by atoms with Gasteiger partial charge in [-0.25, -0.2) is 4.79 Å². The van der Waals surface area contributed by atoms with Gasteiger partial charge in [0, 0.05) is 10.7 Å². The summed E-state index contributed by atoms with van der Waals surface area (Å²) in [4.78, 5) is 15.8. The fourth-order valence-electron chi connectivity index (χ4n) is 1.41. The van der Waals surface area contributed by atoms with Crippen molar-refractivity contribution >= 4 is 21.9 Å². The minimum absolute atomic E-state index is 0.308. The van der Waals surface area contributed by atoms with Crippen molar-refractivity contribution in [1.29, 1.82) is 0 Å². The zero-order valence-corrected chi connectivity index (χ0v) is 10.8. The van der Waals surface area contributed by atoms with E-state index in [1.807, 2.05) is 6.07 Å². The highest BCUT2D eigenvalue weighted by Gasteiger charge is 2.22. The number of methoxy groups -OCH3 is 1. The number of ether oxygens (including phenoxy) is 1. The molecule has 0 aromatic carbocycles. The molecule has 0 saturated heterocycles. The maximum Gasteiger partial charge on any atom is 0.343 e. The zero-order chi connectivity index (χ0) is 12.4. The van der Waals surface area contributed by atoms with Crippen LogP contribution in [0, 0.1) is 6.92 Å². The summed E-state index contributed by atoms with van der Waals surface area (Å²) in [5.41, 5.74) is 1.26. The number of aromatic nitrogens is 2. The van der Waals surface area contributed by atoms with Gasteiger partial charge in [-0.3, -0.25) is 4.98 Å². The molecule has 0 aliphatic rings. The van der Waals surface area contributed by atoms with Gasteiger partial charge in [-0.15, -0.1) is 0 Å². The first-order valence-corrected chi connectivity index (χ1v) is 5.59. The number of hydrogen-bond acceptors (Lipinski definition) is 5. The first kappa shape index (κ1) is 11.8. The summed E-state index contributed by atoms with van der Waals surface area (Å²) in [6.07, 6.45) is 1.63. The van der Waals surface area contributed by atoms with Crippen LogP contribution in [0.4, 0.5) is 0 Å². The van der Waals surface area contributed by atoms with Crippen molar-refractivity contribution in [3.8, 4) is 11.4 Å². The summed E-state index contributed by atoms with van der Waals surface area (Å²) >= 11 is 3.29. The van der Waals surface area contributed by atoms with Gasteiger partial charge < -0.3 is 9.26 Å². The van der Waals surface area contributed by atoms with Crippen LogP contribution in [0.3, 0.4) is 0 Å². The molecule has 6 heteroatoms.